The molecule has 0 saturated carbocycles. The topological polar surface area (TPSA) is 57.5 Å². The van der Waals surface area contributed by atoms with Gasteiger partial charge in [0.2, 0.25) is 0 Å². The zero-order chi connectivity index (χ0) is 17.4. The molecule has 0 aliphatic rings. The molecule has 1 heterocycles. The Balaban J connectivity index is 0.00000529. The van der Waals surface area contributed by atoms with Gasteiger partial charge in [-0.05, 0) is 27.7 Å². The van der Waals surface area contributed by atoms with Crippen LogP contribution in [-0.2, 0) is 6.54 Å². The second-order valence-electron chi connectivity index (χ2n) is 5.81. The molecule has 1 aromatic rings. The maximum Gasteiger partial charge on any atom is 0.319 e. The summed E-state index contributed by atoms with van der Waals surface area (Å²) < 4.78 is 26.3. The molecular weight excluding hydrogens is 429 g/mol. The van der Waals surface area contributed by atoms with E-state index in [1.807, 2.05) is 0 Å². The molecule has 0 unspecified atom stereocenters. The lowest BCUT2D eigenvalue weighted by Crippen LogP contribution is -2.45. The van der Waals surface area contributed by atoms with Gasteiger partial charge in [-0.1, -0.05) is 0 Å². The van der Waals surface area contributed by atoms with E-state index in [9.17, 15) is 8.78 Å². The molecule has 6 nitrogen and oxygen atoms in total. The van der Waals surface area contributed by atoms with Gasteiger partial charge in [-0.25, -0.2) is 4.98 Å². The van der Waals surface area contributed by atoms with Crippen molar-refractivity contribution in [2.45, 2.75) is 52.9 Å². The molecule has 0 aliphatic carbocycles. The number of alkyl halides is 2. The molecule has 1 aromatic heterocycles. The second-order valence-corrected chi connectivity index (χ2v) is 5.81. The largest absolute Gasteiger partial charge is 0.355 e. The molecule has 2 N–H and O–H groups in total. The number of nitrogens with one attached hydrogen (secondary N) is 2. The third-order valence-electron chi connectivity index (χ3n) is 3.59. The minimum absolute atomic E-state index is 0. The van der Waals surface area contributed by atoms with Crippen LogP contribution in [0.1, 0.15) is 40.1 Å². The molecule has 0 spiro atoms. The molecule has 140 valence electrons. The van der Waals surface area contributed by atoms with Crippen LogP contribution in [-0.4, -0.2) is 52.6 Å². The van der Waals surface area contributed by atoms with Gasteiger partial charge in [0.15, 0.2) is 5.96 Å². The first-order valence-corrected chi connectivity index (χ1v) is 7.87. The molecule has 0 fully saturated rings. The van der Waals surface area contributed by atoms with Crippen LogP contribution in [0.15, 0.2) is 17.4 Å². The van der Waals surface area contributed by atoms with E-state index in [4.69, 9.17) is 0 Å². The van der Waals surface area contributed by atoms with Crippen LogP contribution in [0.5, 0.6) is 0 Å². The fraction of sp³-hybridized carbons (Fsp3) is 0.733. The van der Waals surface area contributed by atoms with E-state index in [2.05, 4.69) is 53.2 Å². The number of halogens is 3. The highest BCUT2D eigenvalue weighted by Crippen LogP contribution is 2.11. The molecular formula is C15H29F2IN6. The van der Waals surface area contributed by atoms with Crippen molar-refractivity contribution in [1.82, 2.24) is 25.1 Å². The highest BCUT2D eigenvalue weighted by atomic mass is 127. The van der Waals surface area contributed by atoms with E-state index in [-0.39, 0.29) is 36.3 Å². The predicted molar refractivity (Wildman–Crippen MR) is 104 cm³/mol. The number of hydrogen-bond acceptors (Lipinski definition) is 3. The maximum atomic E-state index is 12.8. The number of hydrogen-bond donors (Lipinski definition) is 2. The molecule has 0 aliphatic heterocycles. The summed E-state index contributed by atoms with van der Waals surface area (Å²) in [5.41, 5.74) is 0. The first-order valence-electron chi connectivity index (χ1n) is 7.87. The number of rotatable bonds is 8. The lowest BCUT2D eigenvalue weighted by molar-refractivity contribution is 0.0668. The Morgan fingerprint density at radius 1 is 1.25 bits per heavy atom. The summed E-state index contributed by atoms with van der Waals surface area (Å²) in [5.74, 6) is 0.843. The minimum Gasteiger partial charge on any atom is -0.355 e. The van der Waals surface area contributed by atoms with Gasteiger partial charge in [-0.15, -0.1) is 24.0 Å². The quantitative estimate of drug-likeness (QED) is 0.358. The normalized spacial score (nSPS) is 12.2. The number of aliphatic imine (C=N–C) groups is 1. The fourth-order valence-electron chi connectivity index (χ4n) is 2.46. The van der Waals surface area contributed by atoms with Crippen LogP contribution < -0.4 is 10.6 Å². The summed E-state index contributed by atoms with van der Waals surface area (Å²) in [7, 11) is 1.65. The molecule has 9 heteroatoms. The first-order chi connectivity index (χ1) is 10.9. The van der Waals surface area contributed by atoms with E-state index in [1.54, 1.807) is 7.05 Å². The van der Waals surface area contributed by atoms with Gasteiger partial charge in [0, 0.05) is 44.6 Å². The highest BCUT2D eigenvalue weighted by molar-refractivity contribution is 14.0. The van der Waals surface area contributed by atoms with Crippen LogP contribution in [0.2, 0.25) is 0 Å². The van der Waals surface area contributed by atoms with Gasteiger partial charge in [0.25, 0.3) is 0 Å². The zero-order valence-electron chi connectivity index (χ0n) is 15.0. The third kappa shape index (κ3) is 7.29. The van der Waals surface area contributed by atoms with Crippen molar-refractivity contribution in [1.29, 1.82) is 0 Å². The summed E-state index contributed by atoms with van der Waals surface area (Å²) in [5, 5.41) is 6.20. The van der Waals surface area contributed by atoms with Gasteiger partial charge in [0.1, 0.15) is 5.82 Å². The van der Waals surface area contributed by atoms with E-state index in [0.29, 0.717) is 18.0 Å². The number of imidazole rings is 1. The van der Waals surface area contributed by atoms with Crippen molar-refractivity contribution < 1.29 is 8.78 Å². The number of aromatic nitrogens is 2. The summed E-state index contributed by atoms with van der Waals surface area (Å²) in [6.45, 7) is 7.86. The van der Waals surface area contributed by atoms with Gasteiger partial charge in [-0.3, -0.25) is 14.5 Å². The first kappa shape index (κ1) is 23.0. The lowest BCUT2D eigenvalue weighted by atomic mass is 10.2. The molecule has 0 radical (unpaired) electrons. The van der Waals surface area contributed by atoms with E-state index in [1.165, 1.54) is 12.4 Å². The second kappa shape index (κ2) is 11.6. The molecule has 24 heavy (non-hydrogen) atoms. The monoisotopic (exact) mass is 458 g/mol. The fourth-order valence-corrected chi connectivity index (χ4v) is 2.46. The Kier molecular flexibility index (Phi) is 11.1. The summed E-state index contributed by atoms with van der Waals surface area (Å²) >= 11 is 0. The SMILES string of the molecule is CN=C(NCCN(C(C)C)C(C)C)NCc1nccn1C(F)F.I. The van der Waals surface area contributed by atoms with E-state index >= 15 is 0 Å². The summed E-state index contributed by atoms with van der Waals surface area (Å²) in [4.78, 5) is 10.4. The van der Waals surface area contributed by atoms with Crippen molar-refractivity contribution in [3.8, 4) is 0 Å². The van der Waals surface area contributed by atoms with Crippen LogP contribution in [0.4, 0.5) is 8.78 Å². The van der Waals surface area contributed by atoms with Crippen LogP contribution >= 0.6 is 24.0 Å². The number of guanidine groups is 1. The molecule has 0 bridgehead atoms. The molecule has 0 amide bonds. The van der Waals surface area contributed by atoms with Crippen molar-refractivity contribution in [2.24, 2.45) is 4.99 Å². The minimum atomic E-state index is -2.59. The highest BCUT2D eigenvalue weighted by Gasteiger charge is 2.13. The Bertz CT molecular complexity index is 482. The van der Waals surface area contributed by atoms with Crippen LogP contribution in [0.3, 0.4) is 0 Å². The van der Waals surface area contributed by atoms with E-state index < -0.39 is 6.55 Å². The molecule has 0 saturated heterocycles. The van der Waals surface area contributed by atoms with Crippen molar-refractivity contribution in [2.75, 3.05) is 20.1 Å². The Morgan fingerprint density at radius 3 is 2.38 bits per heavy atom. The average Bonchev–Trinajstić information content (AvgIpc) is 2.94. The van der Waals surface area contributed by atoms with Crippen LogP contribution in [0, 0.1) is 0 Å². The predicted octanol–water partition coefficient (Wildman–Crippen LogP) is 2.68. The zero-order valence-corrected chi connectivity index (χ0v) is 17.3. The summed E-state index contributed by atoms with van der Waals surface area (Å²) in [6, 6.07) is 0.926. The van der Waals surface area contributed by atoms with Crippen molar-refractivity contribution >= 4 is 29.9 Å². The summed E-state index contributed by atoms with van der Waals surface area (Å²) in [6.07, 6.45) is 2.63. The number of nitrogens with zero attached hydrogens (tertiary/aromatic N) is 4. The van der Waals surface area contributed by atoms with Crippen molar-refractivity contribution in [3.05, 3.63) is 18.2 Å². The third-order valence-corrected chi connectivity index (χ3v) is 3.59. The lowest BCUT2D eigenvalue weighted by Gasteiger charge is -2.30. The molecule has 0 atom stereocenters. The molecule has 1 rings (SSSR count). The van der Waals surface area contributed by atoms with Gasteiger partial charge in [0.05, 0.1) is 6.54 Å². The maximum absolute atomic E-state index is 12.8. The standard InChI is InChI=1S/C15H28F2N6.HI/c1-11(2)22(12(3)4)8-7-20-15(18-5)21-10-13-19-6-9-23(13)14(16)17;/h6,9,11-12,14H,7-8,10H2,1-5H3,(H2,18,20,21);1H. The smallest absolute Gasteiger partial charge is 0.319 e. The van der Waals surface area contributed by atoms with E-state index in [0.717, 1.165) is 17.7 Å². The Hall–Kier alpha value is -0.970. The Labute approximate surface area is 160 Å². The van der Waals surface area contributed by atoms with Gasteiger partial charge < -0.3 is 10.6 Å². The Morgan fingerprint density at radius 2 is 1.88 bits per heavy atom. The van der Waals surface area contributed by atoms with Gasteiger partial charge >= 0.3 is 6.55 Å². The van der Waals surface area contributed by atoms with Crippen molar-refractivity contribution in [3.63, 3.8) is 0 Å². The molecule has 0 aromatic carbocycles. The van der Waals surface area contributed by atoms with Crippen LogP contribution in [0.25, 0.3) is 0 Å². The van der Waals surface area contributed by atoms with Gasteiger partial charge in [-0.2, -0.15) is 8.78 Å². The average molecular weight is 458 g/mol.